The molecule has 0 radical (unpaired) electrons. The number of aliphatic carboxylic acids is 1. The van der Waals surface area contributed by atoms with Crippen molar-refractivity contribution in [1.29, 1.82) is 0 Å². The number of primary amides is 1. The number of nitrogens with zero attached hydrogens (tertiary/aromatic N) is 12. The third-order valence-electron chi connectivity index (χ3n) is 9.41. The van der Waals surface area contributed by atoms with Gasteiger partial charge in [0, 0.05) is 73.6 Å². The largest absolute Gasteiger partial charge is 0.481 e. The molecule has 0 aliphatic rings. The van der Waals surface area contributed by atoms with E-state index in [2.05, 4.69) is 136 Å². The third kappa shape index (κ3) is 88.1. The third-order valence-corrected chi connectivity index (χ3v) is 9.41. The van der Waals surface area contributed by atoms with E-state index in [0.29, 0.717) is 50.3 Å². The molecule has 2 unspecified atom stereocenters. The number of H-pyrrole nitrogens is 4. The molecular formula is C55H116N18O8. The van der Waals surface area contributed by atoms with Gasteiger partial charge in [0.15, 0.2) is 17.5 Å². The van der Waals surface area contributed by atoms with Crippen molar-refractivity contribution in [3.63, 3.8) is 0 Å². The van der Waals surface area contributed by atoms with Crippen molar-refractivity contribution in [3.8, 4) is 0 Å². The van der Waals surface area contributed by atoms with E-state index in [9.17, 15) is 14.4 Å². The number of rotatable bonds is 27. The van der Waals surface area contributed by atoms with Crippen LogP contribution in [0.3, 0.4) is 0 Å². The highest BCUT2D eigenvalue weighted by molar-refractivity contribution is 5.75. The molecule has 0 saturated carbocycles. The predicted molar refractivity (Wildman–Crippen MR) is 324 cm³/mol. The molecule has 0 saturated heterocycles. The summed E-state index contributed by atoms with van der Waals surface area (Å²) in [7, 11) is 6.89. The molecule has 0 bridgehead atoms. The van der Waals surface area contributed by atoms with E-state index in [4.69, 9.17) is 25.4 Å². The van der Waals surface area contributed by atoms with Crippen LogP contribution in [0.5, 0.6) is 0 Å². The van der Waals surface area contributed by atoms with Gasteiger partial charge in [0.1, 0.15) is 6.79 Å². The van der Waals surface area contributed by atoms with Gasteiger partial charge in [-0.2, -0.15) is 31.1 Å². The van der Waals surface area contributed by atoms with Crippen LogP contribution in [0.25, 0.3) is 6.08 Å². The zero-order chi connectivity index (χ0) is 63.0. The van der Waals surface area contributed by atoms with Gasteiger partial charge in [-0.1, -0.05) is 163 Å². The van der Waals surface area contributed by atoms with Crippen LogP contribution >= 0.6 is 0 Å². The normalized spacial score (nSPS) is 10.3. The fourth-order valence-corrected chi connectivity index (χ4v) is 4.89. The van der Waals surface area contributed by atoms with Crippen LogP contribution in [0, 0.1) is 11.8 Å². The summed E-state index contributed by atoms with van der Waals surface area (Å²) in [4.78, 5) is 32.2. The summed E-state index contributed by atoms with van der Waals surface area (Å²) in [6.45, 7) is 29.5. The number of nitrogens with two attached hydrogens (primary N) is 2. The first-order chi connectivity index (χ1) is 38.9. The first-order valence-corrected chi connectivity index (χ1v) is 28.7. The van der Waals surface area contributed by atoms with Crippen molar-refractivity contribution in [3.05, 3.63) is 47.6 Å². The van der Waals surface area contributed by atoms with Crippen molar-refractivity contribution in [2.75, 3.05) is 61.5 Å². The minimum atomic E-state index is -0.677. The van der Waals surface area contributed by atoms with E-state index < -0.39 is 5.97 Å². The van der Waals surface area contributed by atoms with E-state index in [0.717, 1.165) is 114 Å². The quantitative estimate of drug-likeness (QED) is 0.0157. The van der Waals surface area contributed by atoms with Gasteiger partial charge in [0.25, 0.3) is 0 Å². The second-order valence-electron chi connectivity index (χ2n) is 17.7. The first kappa shape index (κ1) is 88.9. The highest BCUT2D eigenvalue weighted by atomic mass is 16.7. The number of aliphatic hydroxyl groups is 1. The number of nitrogens with one attached hydrogen (secondary N) is 4. The Balaban J connectivity index is -0.000000150. The van der Waals surface area contributed by atoms with Gasteiger partial charge in [-0.3, -0.25) is 14.4 Å². The summed E-state index contributed by atoms with van der Waals surface area (Å²) in [5, 5.41) is 66.5. The van der Waals surface area contributed by atoms with E-state index in [1.807, 2.05) is 52.8 Å². The fraction of sp³-hybridized carbons (Fsp3) is 0.782. The number of hydrogen-bond acceptors (Lipinski definition) is 19. The molecular weight excluding hydrogens is 1040 g/mol. The number of aliphatic hydroxyl groups excluding tert-OH is 1. The maximum absolute atomic E-state index is 10.8. The SMILES string of the molecule is C/C=C/COC.C/C=C/c1nn[nH]n1.CCC(N)=O.CCCC(C)CCO.CCCCC(=O)N(C)C.CCCCC(C)CC(=O)O.CCCCOCOC.CCCCc1nn[nH]n1.CCCc1cn[nH]n1.CCN.CCc1nn[nH]n1. The lowest BCUT2D eigenvalue weighted by molar-refractivity contribution is -0.138. The van der Waals surface area contributed by atoms with E-state index in [-0.39, 0.29) is 11.8 Å². The van der Waals surface area contributed by atoms with Crippen molar-refractivity contribution >= 4 is 23.9 Å². The summed E-state index contributed by atoms with van der Waals surface area (Å²) < 4.78 is 14.4. The molecule has 4 rings (SSSR count). The lowest BCUT2D eigenvalue weighted by atomic mass is 10.0. The second kappa shape index (κ2) is 78.3. The van der Waals surface area contributed by atoms with Gasteiger partial charge in [-0.15, -0.1) is 30.6 Å². The van der Waals surface area contributed by atoms with Crippen LogP contribution < -0.4 is 11.5 Å². The number of carbonyl (C=O) groups is 3. The Morgan fingerprint density at radius 3 is 1.62 bits per heavy atom. The molecule has 81 heavy (non-hydrogen) atoms. The molecule has 4 aromatic rings. The number of methoxy groups -OCH3 is 2. The number of carboxylic acid groups (broad SMARTS) is 1. The number of carbonyl (C=O) groups excluding carboxylic acids is 2. The molecule has 2 atom stereocenters. The second-order valence-corrected chi connectivity index (χ2v) is 17.7. The van der Waals surface area contributed by atoms with Crippen molar-refractivity contribution in [1.82, 2.24) is 82.2 Å². The molecule has 0 fully saturated rings. The molecule has 26 heteroatoms. The topological polar surface area (TPSA) is 380 Å². The van der Waals surface area contributed by atoms with E-state index in [1.165, 1.54) is 25.7 Å². The molecule has 4 aromatic heterocycles. The Labute approximate surface area is 487 Å². The summed E-state index contributed by atoms with van der Waals surface area (Å²) >= 11 is 0. The van der Waals surface area contributed by atoms with Crippen LogP contribution in [0.4, 0.5) is 0 Å². The number of carboxylic acids is 1. The summed E-state index contributed by atoms with van der Waals surface area (Å²) in [6, 6.07) is 0. The zero-order valence-corrected chi connectivity index (χ0v) is 53.4. The fourth-order valence-electron chi connectivity index (χ4n) is 4.89. The minimum absolute atomic E-state index is 0.233. The molecule has 0 aliphatic carbocycles. The van der Waals surface area contributed by atoms with Gasteiger partial charge in [0.05, 0.1) is 18.5 Å². The Kier molecular flexibility index (Phi) is 85.9. The van der Waals surface area contributed by atoms with Crippen molar-refractivity contribution in [2.45, 2.75) is 212 Å². The number of aromatic amines is 4. The number of hydrogen-bond donors (Lipinski definition) is 8. The van der Waals surface area contributed by atoms with Crippen molar-refractivity contribution < 1.29 is 38.8 Å². The monoisotopic (exact) mass is 1160 g/mol. The molecule has 10 N–H and O–H groups in total. The average molecular weight is 1160 g/mol. The Hall–Kier alpha value is -5.96. The smallest absolute Gasteiger partial charge is 0.303 e. The Bertz CT molecular complexity index is 1760. The highest BCUT2D eigenvalue weighted by Gasteiger charge is 2.05. The van der Waals surface area contributed by atoms with Gasteiger partial charge in [0.2, 0.25) is 11.8 Å². The molecule has 0 aliphatic heterocycles. The molecule has 26 nitrogen and oxygen atoms in total. The predicted octanol–water partition coefficient (Wildman–Crippen LogP) is 9.11. The summed E-state index contributed by atoms with van der Waals surface area (Å²) in [5.74, 6) is 2.57. The number of aryl methyl sites for hydroxylation is 3. The lowest BCUT2D eigenvalue weighted by Gasteiger charge is -2.08. The Morgan fingerprint density at radius 1 is 0.691 bits per heavy atom. The number of allylic oxidation sites excluding steroid dienone is 2. The molecule has 474 valence electrons. The standard InChI is InChI=1S/C8H16O2.C7H15NO.C7H16O.C6H14O2.C5H10N4.C5H9N3.C5H10O.C4H6N4.C3H6N4.C3H7NO.C2H7N/c1-3-4-5-7(2)6-8(9)10;1-4-5-6-7(9)8(2)3;1-3-4-7(2)5-6-8;1-3-4-5-8-6-7-2;1-2-3-4-5-6-8-9-7-5;1-2-3-5-4-6-8-7-5;1-3-4-5-6-2;1-2-3-4-5-7-8-6-4;1-2-3-4-6-7-5-3;1-2-3(4)5;1-2-3/h7H,3-6H2,1-2H3,(H,9,10);4-6H2,1-3H3;7-8H,3-6H2,1-2H3;3-6H2,1-2H3;2-4H2,1H3,(H,6,7,8,9);4H,2-3H2,1H3,(H,6,7,8);3-4H,5H2,1-2H3;2-3H,1H3,(H,5,6,7,8);2H2,1H3,(H,4,5,6,7);2H2,1H3,(H2,4,5);2-3H2,1H3/b;;;;;;4-3+;3-2+;;;. The molecule has 4 heterocycles. The van der Waals surface area contributed by atoms with E-state index >= 15 is 0 Å². The molecule has 0 aromatic carbocycles. The Morgan fingerprint density at radius 2 is 1.26 bits per heavy atom. The zero-order valence-electron chi connectivity index (χ0n) is 53.4. The van der Waals surface area contributed by atoms with Crippen LogP contribution in [0.1, 0.15) is 216 Å². The maximum atomic E-state index is 10.8. The van der Waals surface area contributed by atoms with Crippen LogP contribution in [-0.4, -0.2) is 172 Å². The van der Waals surface area contributed by atoms with Crippen molar-refractivity contribution in [2.24, 2.45) is 23.3 Å². The first-order valence-electron chi connectivity index (χ1n) is 28.7. The number of aromatic nitrogens is 15. The average Bonchev–Trinajstić information content (AvgIpc) is 4.33. The number of unbranched alkanes of at least 4 members (excludes halogenated alkanes) is 4. The molecule has 0 spiro atoms. The number of ether oxygens (including phenoxy) is 3. The van der Waals surface area contributed by atoms with Crippen LogP contribution in [0.2, 0.25) is 0 Å². The number of amides is 2. The highest BCUT2D eigenvalue weighted by Crippen LogP contribution is 2.11. The minimum Gasteiger partial charge on any atom is -0.481 e. The maximum Gasteiger partial charge on any atom is 0.303 e. The lowest BCUT2D eigenvalue weighted by Crippen LogP contribution is -2.20. The number of tetrazole rings is 3. The molecule has 2 amide bonds. The summed E-state index contributed by atoms with van der Waals surface area (Å²) in [6.07, 6.45) is 28.2. The van der Waals surface area contributed by atoms with E-state index in [1.54, 1.807) is 52.4 Å². The van der Waals surface area contributed by atoms with Gasteiger partial charge in [-0.25, -0.2) is 0 Å². The van der Waals surface area contributed by atoms with Gasteiger partial charge in [-0.05, 0) is 75.6 Å². The van der Waals surface area contributed by atoms with Crippen LogP contribution in [-0.2, 0) is 47.9 Å². The van der Waals surface area contributed by atoms with Crippen LogP contribution in [0.15, 0.2) is 24.4 Å². The van der Waals surface area contributed by atoms with Gasteiger partial charge < -0.3 is 40.8 Å². The van der Waals surface area contributed by atoms with Gasteiger partial charge >= 0.3 is 5.97 Å². The summed E-state index contributed by atoms with van der Waals surface area (Å²) in [5.41, 5.74) is 10.5.